The Hall–Kier alpha value is -2.21. The van der Waals surface area contributed by atoms with Crippen LogP contribution in [0.4, 0.5) is 0 Å². The Morgan fingerprint density at radius 1 is 1.18 bits per heavy atom. The van der Waals surface area contributed by atoms with E-state index in [1.165, 1.54) is 12.5 Å². The number of benzene rings is 1. The molecule has 0 saturated heterocycles. The monoisotopic (exact) mass is 407 g/mol. The maximum Gasteiger partial charge on any atom is 0.331 e. The summed E-state index contributed by atoms with van der Waals surface area (Å²) in [6, 6.07) is 3.63. The molecule has 3 rings (SSSR count). The van der Waals surface area contributed by atoms with Gasteiger partial charge in [0, 0.05) is 18.5 Å². The predicted molar refractivity (Wildman–Crippen MR) is 107 cm³/mol. The van der Waals surface area contributed by atoms with Gasteiger partial charge in [0.1, 0.15) is 0 Å². The second kappa shape index (κ2) is 9.82. The van der Waals surface area contributed by atoms with Gasteiger partial charge in [0.2, 0.25) is 0 Å². The smallest absolute Gasteiger partial charge is 0.331 e. The molecular weight excluding hydrogens is 382 g/mol. The topological polar surface area (TPSA) is 73.9 Å². The lowest BCUT2D eigenvalue weighted by Crippen LogP contribution is -2.42. The number of rotatable bonds is 5. The van der Waals surface area contributed by atoms with Crippen molar-refractivity contribution in [2.24, 2.45) is 0 Å². The lowest BCUT2D eigenvalue weighted by atomic mass is 9.95. The Morgan fingerprint density at radius 3 is 2.71 bits per heavy atom. The summed E-state index contributed by atoms with van der Waals surface area (Å²) in [6.45, 7) is 2.68. The van der Waals surface area contributed by atoms with Gasteiger partial charge < -0.3 is 19.5 Å². The Labute approximate surface area is 170 Å². The summed E-state index contributed by atoms with van der Waals surface area (Å²) in [7, 11) is 0. The summed E-state index contributed by atoms with van der Waals surface area (Å²) < 4.78 is 16.4. The summed E-state index contributed by atoms with van der Waals surface area (Å²) in [6.07, 6.45) is 8.23. The molecule has 2 aliphatic rings. The minimum atomic E-state index is -0.841. The molecule has 1 aromatic rings. The van der Waals surface area contributed by atoms with Crippen LogP contribution in [0.25, 0.3) is 6.08 Å². The first-order valence-corrected chi connectivity index (χ1v) is 10.2. The summed E-state index contributed by atoms with van der Waals surface area (Å²) >= 11 is 6.25. The highest BCUT2D eigenvalue weighted by Gasteiger charge is 2.21. The Balaban J connectivity index is 1.55. The van der Waals surface area contributed by atoms with E-state index in [0.717, 1.165) is 32.1 Å². The van der Waals surface area contributed by atoms with Crippen LogP contribution in [-0.2, 0) is 14.3 Å². The van der Waals surface area contributed by atoms with Gasteiger partial charge in [0.25, 0.3) is 5.91 Å². The minimum absolute atomic E-state index is 0.182. The zero-order chi connectivity index (χ0) is 19.9. The standard InChI is InChI=1S/C21H26ClNO5/c1-14(21(25)23-16-6-3-2-4-7-16)28-19(24)9-8-15-12-17(22)20-18(13-15)26-10-5-11-27-20/h8-9,12-14,16H,2-7,10-11H2,1H3,(H,23,25)/b9-8+/t14-/m0/s1. The number of carbonyl (C=O) groups is 2. The van der Waals surface area contributed by atoms with Gasteiger partial charge in [-0.15, -0.1) is 0 Å². The first-order valence-electron chi connectivity index (χ1n) is 9.81. The number of hydrogen-bond acceptors (Lipinski definition) is 5. The van der Waals surface area contributed by atoms with Crippen LogP contribution < -0.4 is 14.8 Å². The molecule has 152 valence electrons. The largest absolute Gasteiger partial charge is 0.489 e. The molecule has 0 spiro atoms. The van der Waals surface area contributed by atoms with Gasteiger partial charge in [-0.3, -0.25) is 4.79 Å². The number of ether oxygens (including phenoxy) is 3. The van der Waals surface area contributed by atoms with E-state index < -0.39 is 12.1 Å². The molecule has 0 aromatic heterocycles. The van der Waals surface area contributed by atoms with Crippen LogP contribution >= 0.6 is 11.6 Å². The zero-order valence-electron chi connectivity index (χ0n) is 16.0. The minimum Gasteiger partial charge on any atom is -0.489 e. The van der Waals surface area contributed by atoms with Gasteiger partial charge in [0.15, 0.2) is 17.6 Å². The first kappa shape index (κ1) is 20.5. The molecule has 1 aromatic carbocycles. The molecule has 1 amide bonds. The van der Waals surface area contributed by atoms with Crippen molar-refractivity contribution in [1.29, 1.82) is 0 Å². The highest BCUT2D eigenvalue weighted by atomic mass is 35.5. The van der Waals surface area contributed by atoms with Gasteiger partial charge >= 0.3 is 5.97 Å². The van der Waals surface area contributed by atoms with Crippen LogP contribution in [0.3, 0.4) is 0 Å². The molecule has 1 saturated carbocycles. The van der Waals surface area contributed by atoms with Gasteiger partial charge in [0.05, 0.1) is 18.2 Å². The molecular formula is C21H26ClNO5. The summed E-state index contributed by atoms with van der Waals surface area (Å²) in [5.74, 6) is 0.229. The molecule has 1 fully saturated rings. The lowest BCUT2D eigenvalue weighted by molar-refractivity contribution is -0.150. The third kappa shape index (κ3) is 5.64. The van der Waals surface area contributed by atoms with Crippen molar-refractivity contribution >= 4 is 29.6 Å². The van der Waals surface area contributed by atoms with Crippen LogP contribution in [-0.4, -0.2) is 37.2 Å². The highest BCUT2D eigenvalue weighted by Crippen LogP contribution is 2.38. The third-order valence-electron chi connectivity index (χ3n) is 4.85. The third-order valence-corrected chi connectivity index (χ3v) is 5.13. The molecule has 1 aliphatic carbocycles. The molecule has 1 heterocycles. The number of carbonyl (C=O) groups excluding carboxylic acids is 2. The number of nitrogens with one attached hydrogen (secondary N) is 1. The molecule has 1 N–H and O–H groups in total. The van der Waals surface area contributed by atoms with Crippen molar-refractivity contribution in [3.8, 4) is 11.5 Å². The second-order valence-electron chi connectivity index (χ2n) is 7.14. The summed E-state index contributed by atoms with van der Waals surface area (Å²) in [5.41, 5.74) is 0.686. The van der Waals surface area contributed by atoms with Crippen LogP contribution in [0.1, 0.15) is 51.0 Å². The second-order valence-corrected chi connectivity index (χ2v) is 7.54. The van der Waals surface area contributed by atoms with Crippen molar-refractivity contribution in [1.82, 2.24) is 5.32 Å². The van der Waals surface area contributed by atoms with Crippen molar-refractivity contribution in [2.75, 3.05) is 13.2 Å². The maximum absolute atomic E-state index is 12.2. The average molecular weight is 408 g/mol. The van der Waals surface area contributed by atoms with E-state index in [0.29, 0.717) is 35.3 Å². The SMILES string of the molecule is C[C@H](OC(=O)/C=C/c1cc(Cl)c2c(c1)OCCCO2)C(=O)NC1CCCCC1. The van der Waals surface area contributed by atoms with E-state index in [9.17, 15) is 9.59 Å². The van der Waals surface area contributed by atoms with E-state index in [4.69, 9.17) is 25.8 Å². The van der Waals surface area contributed by atoms with Crippen molar-refractivity contribution in [3.63, 3.8) is 0 Å². The first-order chi connectivity index (χ1) is 13.5. The molecule has 1 aliphatic heterocycles. The maximum atomic E-state index is 12.2. The number of fused-ring (bicyclic) bond motifs is 1. The van der Waals surface area contributed by atoms with Gasteiger partial charge in [-0.25, -0.2) is 4.79 Å². The van der Waals surface area contributed by atoms with Crippen LogP contribution in [0.2, 0.25) is 5.02 Å². The van der Waals surface area contributed by atoms with Crippen LogP contribution in [0.15, 0.2) is 18.2 Å². The molecule has 0 radical (unpaired) electrons. The van der Waals surface area contributed by atoms with E-state index in [-0.39, 0.29) is 11.9 Å². The van der Waals surface area contributed by atoms with E-state index in [1.54, 1.807) is 25.1 Å². The normalized spacial score (nSPS) is 18.4. The van der Waals surface area contributed by atoms with E-state index >= 15 is 0 Å². The average Bonchev–Trinajstić information content (AvgIpc) is 2.93. The Kier molecular flexibility index (Phi) is 7.20. The number of halogens is 1. The van der Waals surface area contributed by atoms with Gasteiger partial charge in [-0.05, 0) is 43.5 Å². The number of hydrogen-bond donors (Lipinski definition) is 1. The quantitative estimate of drug-likeness (QED) is 0.592. The zero-order valence-corrected chi connectivity index (χ0v) is 16.8. The predicted octanol–water partition coefficient (Wildman–Crippen LogP) is 3.90. The van der Waals surface area contributed by atoms with Crippen LogP contribution in [0, 0.1) is 0 Å². The van der Waals surface area contributed by atoms with Gasteiger partial charge in [-0.2, -0.15) is 0 Å². The number of esters is 1. The Bertz CT molecular complexity index is 743. The molecule has 1 atom stereocenters. The molecule has 0 unspecified atom stereocenters. The molecule has 7 heteroatoms. The highest BCUT2D eigenvalue weighted by molar-refractivity contribution is 6.32. The van der Waals surface area contributed by atoms with Crippen molar-refractivity contribution in [2.45, 2.75) is 57.6 Å². The van der Waals surface area contributed by atoms with Crippen LogP contribution in [0.5, 0.6) is 11.5 Å². The lowest BCUT2D eigenvalue weighted by Gasteiger charge is -2.24. The molecule has 0 bridgehead atoms. The van der Waals surface area contributed by atoms with Crippen molar-refractivity contribution < 1.29 is 23.8 Å². The molecule has 28 heavy (non-hydrogen) atoms. The molecule has 6 nitrogen and oxygen atoms in total. The van der Waals surface area contributed by atoms with Gasteiger partial charge in [-0.1, -0.05) is 30.9 Å². The number of amides is 1. The summed E-state index contributed by atoms with van der Waals surface area (Å²) in [4.78, 5) is 24.3. The van der Waals surface area contributed by atoms with Crippen molar-refractivity contribution in [3.05, 3.63) is 28.8 Å². The fraction of sp³-hybridized carbons (Fsp3) is 0.524. The van der Waals surface area contributed by atoms with E-state index in [1.807, 2.05) is 0 Å². The fourth-order valence-corrected chi connectivity index (χ4v) is 3.62. The summed E-state index contributed by atoms with van der Waals surface area (Å²) in [5, 5.41) is 3.38. The Morgan fingerprint density at radius 2 is 1.93 bits per heavy atom. The fourth-order valence-electron chi connectivity index (χ4n) is 3.34. The van der Waals surface area contributed by atoms with E-state index in [2.05, 4.69) is 5.32 Å².